The number of rotatable bonds is 5. The highest BCUT2D eigenvalue weighted by Crippen LogP contribution is 2.55. The van der Waals surface area contributed by atoms with E-state index < -0.39 is 13.4 Å². The van der Waals surface area contributed by atoms with Crippen LogP contribution in [0.1, 0.15) is 20.3 Å². The molecule has 1 heterocycles. The van der Waals surface area contributed by atoms with Crippen molar-refractivity contribution in [1.82, 2.24) is 5.32 Å². The maximum atomic E-state index is 11.9. The SMILES string of the molecule is CCOP(=O)(OCC)C1CC(=O)N1. The molecule has 6 heteroatoms. The van der Waals surface area contributed by atoms with Gasteiger partial charge in [0, 0.05) is 0 Å². The highest BCUT2D eigenvalue weighted by Gasteiger charge is 2.43. The predicted octanol–water partition coefficient (Wildman–Crippen LogP) is 1.10. The smallest absolute Gasteiger partial charge is 0.341 e. The molecule has 0 aromatic rings. The molecule has 0 aromatic heterocycles. The average Bonchev–Trinajstić information content (AvgIpc) is 2.00. The first-order valence-corrected chi connectivity index (χ1v) is 5.91. The van der Waals surface area contributed by atoms with E-state index in [1.807, 2.05) is 0 Å². The van der Waals surface area contributed by atoms with Crippen molar-refractivity contribution in [2.45, 2.75) is 26.1 Å². The van der Waals surface area contributed by atoms with Gasteiger partial charge in [0.2, 0.25) is 5.91 Å². The summed E-state index contributed by atoms with van der Waals surface area (Å²) in [5, 5.41) is 2.50. The van der Waals surface area contributed by atoms with Crippen LogP contribution >= 0.6 is 7.60 Å². The Bertz CT molecular complexity index is 225. The Morgan fingerprint density at radius 1 is 1.46 bits per heavy atom. The second-order valence-corrected chi connectivity index (χ2v) is 4.88. The molecule has 1 fully saturated rings. The Hall–Kier alpha value is -0.380. The van der Waals surface area contributed by atoms with Crippen LogP contribution in [0.15, 0.2) is 0 Å². The molecule has 76 valence electrons. The van der Waals surface area contributed by atoms with Crippen molar-refractivity contribution in [1.29, 1.82) is 0 Å². The van der Waals surface area contributed by atoms with Crippen LogP contribution in [0.4, 0.5) is 0 Å². The molecule has 0 aliphatic carbocycles. The molecule has 1 N–H and O–H groups in total. The monoisotopic (exact) mass is 207 g/mol. The average molecular weight is 207 g/mol. The summed E-state index contributed by atoms with van der Waals surface area (Å²) >= 11 is 0. The summed E-state index contributed by atoms with van der Waals surface area (Å²) in [5.74, 6) is -0.551. The van der Waals surface area contributed by atoms with Crippen molar-refractivity contribution in [2.24, 2.45) is 0 Å². The standard InChI is InChI=1S/C7H14NO4P/c1-3-11-13(10,12-4-2)7-5-6(9)8-7/h7H,3-5H2,1-2H3,(H,8,9). The number of β-lactam (4-membered cyclic amide) rings is 1. The Morgan fingerprint density at radius 3 is 2.23 bits per heavy atom. The lowest BCUT2D eigenvalue weighted by atomic mass is 10.3. The van der Waals surface area contributed by atoms with E-state index in [1.165, 1.54) is 0 Å². The highest BCUT2D eigenvalue weighted by molar-refractivity contribution is 7.54. The van der Waals surface area contributed by atoms with Gasteiger partial charge in [-0.25, -0.2) is 0 Å². The van der Waals surface area contributed by atoms with Crippen molar-refractivity contribution in [3.63, 3.8) is 0 Å². The molecule has 0 spiro atoms. The van der Waals surface area contributed by atoms with Crippen molar-refractivity contribution >= 4 is 13.5 Å². The maximum absolute atomic E-state index is 11.9. The van der Waals surface area contributed by atoms with Crippen molar-refractivity contribution < 1.29 is 18.4 Å². The van der Waals surface area contributed by atoms with Gasteiger partial charge in [0.25, 0.3) is 0 Å². The first-order valence-electron chi connectivity index (χ1n) is 4.30. The topological polar surface area (TPSA) is 64.6 Å². The van der Waals surface area contributed by atoms with Crippen LogP contribution in [0.5, 0.6) is 0 Å². The fraction of sp³-hybridized carbons (Fsp3) is 0.857. The fourth-order valence-electron chi connectivity index (χ4n) is 1.11. The van der Waals surface area contributed by atoms with E-state index in [1.54, 1.807) is 13.8 Å². The molecular formula is C7H14NO4P. The van der Waals surface area contributed by atoms with Gasteiger partial charge in [0.15, 0.2) is 0 Å². The van der Waals surface area contributed by atoms with Crippen LogP contribution in [0, 0.1) is 0 Å². The van der Waals surface area contributed by atoms with E-state index in [2.05, 4.69) is 5.32 Å². The number of carbonyl (C=O) groups excluding carboxylic acids is 1. The third kappa shape index (κ3) is 2.30. The molecule has 0 aromatic carbocycles. The van der Waals surface area contributed by atoms with Crippen molar-refractivity contribution in [3.05, 3.63) is 0 Å². The first-order chi connectivity index (χ1) is 6.12. The molecule has 1 unspecified atom stereocenters. The van der Waals surface area contributed by atoms with Gasteiger partial charge < -0.3 is 14.4 Å². The van der Waals surface area contributed by atoms with Crippen LogP contribution in [0.2, 0.25) is 0 Å². The van der Waals surface area contributed by atoms with Gasteiger partial charge in [-0.05, 0) is 13.8 Å². The van der Waals surface area contributed by atoms with Crippen LogP contribution in [-0.2, 0) is 18.4 Å². The van der Waals surface area contributed by atoms with E-state index >= 15 is 0 Å². The van der Waals surface area contributed by atoms with E-state index in [-0.39, 0.29) is 12.3 Å². The van der Waals surface area contributed by atoms with Crippen LogP contribution in [0.3, 0.4) is 0 Å². The summed E-state index contributed by atoms with van der Waals surface area (Å²) < 4.78 is 22.0. The third-order valence-corrected chi connectivity index (χ3v) is 4.02. The molecule has 1 aliphatic rings. The lowest BCUT2D eigenvalue weighted by Gasteiger charge is -2.32. The number of carbonyl (C=O) groups is 1. The summed E-state index contributed by atoms with van der Waals surface area (Å²) in [6.45, 7) is 4.13. The van der Waals surface area contributed by atoms with Gasteiger partial charge in [0.1, 0.15) is 5.78 Å². The molecule has 0 bridgehead atoms. The number of hydrogen-bond donors (Lipinski definition) is 1. The maximum Gasteiger partial charge on any atom is 0.353 e. The summed E-state index contributed by atoms with van der Waals surface area (Å²) in [6, 6.07) is 0. The first kappa shape index (κ1) is 10.7. The van der Waals surface area contributed by atoms with Crippen LogP contribution < -0.4 is 5.32 Å². The summed E-state index contributed by atoms with van der Waals surface area (Å²) in [5.41, 5.74) is 0. The Kier molecular flexibility index (Phi) is 3.47. The molecule has 1 atom stereocenters. The number of nitrogens with one attached hydrogen (secondary N) is 1. The molecular weight excluding hydrogens is 193 g/mol. The third-order valence-electron chi connectivity index (χ3n) is 1.71. The van der Waals surface area contributed by atoms with Crippen LogP contribution in [0.25, 0.3) is 0 Å². The second kappa shape index (κ2) is 4.22. The minimum Gasteiger partial charge on any atom is -0.341 e. The Balaban J connectivity index is 2.56. The largest absolute Gasteiger partial charge is 0.353 e. The summed E-state index contributed by atoms with van der Waals surface area (Å²) in [6.07, 6.45) is 0.233. The second-order valence-electron chi connectivity index (χ2n) is 2.66. The molecule has 13 heavy (non-hydrogen) atoms. The van der Waals surface area contributed by atoms with E-state index in [0.29, 0.717) is 13.2 Å². The van der Waals surface area contributed by atoms with Gasteiger partial charge >= 0.3 is 7.60 Å². The zero-order valence-electron chi connectivity index (χ0n) is 7.78. The Morgan fingerprint density at radius 2 is 1.92 bits per heavy atom. The molecule has 1 amide bonds. The minimum absolute atomic E-state index is 0.107. The van der Waals surface area contributed by atoms with Crippen molar-refractivity contribution in [2.75, 3.05) is 13.2 Å². The summed E-state index contributed by atoms with van der Waals surface area (Å²) in [7, 11) is -3.09. The Labute approximate surface area is 77.3 Å². The van der Waals surface area contributed by atoms with E-state index in [0.717, 1.165) is 0 Å². The lowest BCUT2D eigenvalue weighted by Crippen LogP contribution is -2.48. The van der Waals surface area contributed by atoms with Crippen molar-refractivity contribution in [3.8, 4) is 0 Å². The minimum atomic E-state index is -3.09. The molecule has 5 nitrogen and oxygen atoms in total. The molecule has 1 saturated heterocycles. The summed E-state index contributed by atoms with van der Waals surface area (Å²) in [4.78, 5) is 10.6. The molecule has 1 rings (SSSR count). The molecule has 0 saturated carbocycles. The van der Waals surface area contributed by atoms with E-state index in [9.17, 15) is 9.36 Å². The van der Waals surface area contributed by atoms with Gasteiger partial charge in [-0.3, -0.25) is 9.36 Å². The zero-order chi connectivity index (χ0) is 9.90. The normalized spacial score (nSPS) is 22.3. The molecule has 1 aliphatic heterocycles. The van der Waals surface area contributed by atoms with Gasteiger partial charge in [-0.15, -0.1) is 0 Å². The highest BCUT2D eigenvalue weighted by atomic mass is 31.2. The van der Waals surface area contributed by atoms with Crippen LogP contribution in [-0.4, -0.2) is 24.9 Å². The van der Waals surface area contributed by atoms with Gasteiger partial charge in [-0.1, -0.05) is 0 Å². The lowest BCUT2D eigenvalue weighted by molar-refractivity contribution is -0.126. The fourth-order valence-corrected chi connectivity index (χ4v) is 2.95. The van der Waals surface area contributed by atoms with Gasteiger partial charge in [0.05, 0.1) is 19.6 Å². The van der Waals surface area contributed by atoms with Gasteiger partial charge in [-0.2, -0.15) is 0 Å². The van der Waals surface area contributed by atoms with E-state index in [4.69, 9.17) is 9.05 Å². The number of amides is 1. The number of hydrogen-bond acceptors (Lipinski definition) is 4. The molecule has 0 radical (unpaired) electrons. The quantitative estimate of drug-likeness (QED) is 0.541. The predicted molar refractivity (Wildman–Crippen MR) is 47.4 cm³/mol. The zero-order valence-corrected chi connectivity index (χ0v) is 8.67.